The fraction of sp³-hybridized carbons (Fsp3) is 0.667. The van der Waals surface area contributed by atoms with Gasteiger partial charge in [-0.05, 0) is 18.9 Å². The van der Waals surface area contributed by atoms with Crippen molar-refractivity contribution in [1.29, 1.82) is 0 Å². The Hall–Kier alpha value is -1.52. The molecule has 1 aliphatic heterocycles. The molecular weight excluding hydrogens is 218 g/mol. The first-order valence-electron chi connectivity index (χ1n) is 6.17. The first kappa shape index (κ1) is 12.0. The summed E-state index contributed by atoms with van der Waals surface area (Å²) in [5.41, 5.74) is 0. The van der Waals surface area contributed by atoms with Crippen LogP contribution in [-0.4, -0.2) is 42.0 Å². The highest BCUT2D eigenvalue weighted by Crippen LogP contribution is 2.22. The number of carbonyl (C=O) groups excluding carboxylic acids is 1. The molecule has 0 unspecified atom stereocenters. The number of carbonyl (C=O) groups is 1. The van der Waals surface area contributed by atoms with E-state index in [0.717, 1.165) is 12.8 Å². The maximum absolute atomic E-state index is 11.9. The van der Waals surface area contributed by atoms with Gasteiger partial charge in [0.05, 0.1) is 6.54 Å². The van der Waals surface area contributed by atoms with Crippen molar-refractivity contribution in [1.82, 2.24) is 9.96 Å². The quantitative estimate of drug-likeness (QED) is 0.739. The molecule has 1 amide bonds. The average molecular weight is 237 g/mol. The summed E-state index contributed by atoms with van der Waals surface area (Å²) in [5.74, 6) is 0. The third-order valence-electron chi connectivity index (χ3n) is 3.28. The van der Waals surface area contributed by atoms with E-state index in [2.05, 4.69) is 4.99 Å². The van der Waals surface area contributed by atoms with Gasteiger partial charge in [0.25, 0.3) is 0 Å². The highest BCUT2D eigenvalue weighted by molar-refractivity contribution is 5.69. The van der Waals surface area contributed by atoms with E-state index in [4.69, 9.17) is 4.84 Å². The van der Waals surface area contributed by atoms with Crippen LogP contribution >= 0.6 is 0 Å². The van der Waals surface area contributed by atoms with Gasteiger partial charge in [0.1, 0.15) is 6.34 Å². The van der Waals surface area contributed by atoms with Crippen LogP contribution in [0.2, 0.25) is 0 Å². The molecule has 94 valence electrons. The molecule has 1 aliphatic carbocycles. The predicted octanol–water partition coefficient (Wildman–Crippen LogP) is 2.16. The SMILES string of the molecule is CN(C(=O)ON1C=NC=CC1)C1CCCCC1. The Morgan fingerprint density at radius 1 is 1.41 bits per heavy atom. The first-order valence-corrected chi connectivity index (χ1v) is 6.17. The van der Waals surface area contributed by atoms with Crippen molar-refractivity contribution in [3.63, 3.8) is 0 Å². The van der Waals surface area contributed by atoms with Crippen molar-refractivity contribution in [3.8, 4) is 0 Å². The summed E-state index contributed by atoms with van der Waals surface area (Å²) in [5, 5.41) is 1.45. The molecule has 2 aliphatic rings. The highest BCUT2D eigenvalue weighted by Gasteiger charge is 2.24. The van der Waals surface area contributed by atoms with E-state index in [1.54, 1.807) is 11.1 Å². The minimum Gasteiger partial charge on any atom is -0.320 e. The Bertz CT molecular complexity index is 322. The second-order valence-corrected chi connectivity index (χ2v) is 4.51. The van der Waals surface area contributed by atoms with E-state index in [9.17, 15) is 4.79 Å². The van der Waals surface area contributed by atoms with Crippen LogP contribution < -0.4 is 0 Å². The number of rotatable bonds is 2. The van der Waals surface area contributed by atoms with E-state index in [0.29, 0.717) is 12.6 Å². The molecule has 2 rings (SSSR count). The summed E-state index contributed by atoms with van der Waals surface area (Å²) in [6, 6.07) is 0.327. The van der Waals surface area contributed by atoms with Crippen LogP contribution in [0.4, 0.5) is 4.79 Å². The zero-order valence-corrected chi connectivity index (χ0v) is 10.2. The lowest BCUT2D eigenvalue weighted by molar-refractivity contribution is -0.0458. The van der Waals surface area contributed by atoms with Crippen molar-refractivity contribution < 1.29 is 9.63 Å². The van der Waals surface area contributed by atoms with Gasteiger partial charge < -0.3 is 9.74 Å². The molecule has 0 saturated heterocycles. The molecule has 0 aromatic carbocycles. The second kappa shape index (κ2) is 5.70. The fourth-order valence-electron chi connectivity index (χ4n) is 2.21. The van der Waals surface area contributed by atoms with E-state index >= 15 is 0 Å². The topological polar surface area (TPSA) is 45.1 Å². The average Bonchev–Trinajstić information content (AvgIpc) is 2.40. The summed E-state index contributed by atoms with van der Waals surface area (Å²) in [7, 11) is 1.81. The van der Waals surface area contributed by atoms with Gasteiger partial charge in [0.15, 0.2) is 0 Å². The lowest BCUT2D eigenvalue weighted by Gasteiger charge is -2.31. The summed E-state index contributed by atoms with van der Waals surface area (Å²) < 4.78 is 0. The minimum atomic E-state index is -0.293. The Kier molecular flexibility index (Phi) is 4.01. The van der Waals surface area contributed by atoms with Crippen molar-refractivity contribution in [2.24, 2.45) is 4.99 Å². The second-order valence-electron chi connectivity index (χ2n) is 4.51. The van der Waals surface area contributed by atoms with Gasteiger partial charge in [-0.2, -0.15) is 5.06 Å². The standard InChI is InChI=1S/C12H19N3O2/c1-14(11-6-3-2-4-7-11)12(16)17-15-9-5-8-13-10-15/h5,8,10-11H,2-4,6-7,9H2,1H3. The molecular formula is C12H19N3O2. The minimum absolute atomic E-state index is 0.293. The van der Waals surface area contributed by atoms with Gasteiger partial charge in [-0.1, -0.05) is 19.3 Å². The van der Waals surface area contributed by atoms with Crippen LogP contribution in [0, 0.1) is 0 Å². The molecule has 0 aromatic heterocycles. The van der Waals surface area contributed by atoms with Crippen LogP contribution in [0.25, 0.3) is 0 Å². The number of hydrogen-bond acceptors (Lipinski definition) is 4. The van der Waals surface area contributed by atoms with E-state index in [1.807, 2.05) is 13.1 Å². The number of nitrogens with zero attached hydrogens (tertiary/aromatic N) is 3. The third-order valence-corrected chi connectivity index (χ3v) is 3.28. The van der Waals surface area contributed by atoms with Crippen molar-refractivity contribution >= 4 is 12.4 Å². The summed E-state index contributed by atoms with van der Waals surface area (Å²) in [6.07, 6.45) is 10.6. The third kappa shape index (κ3) is 3.22. The summed E-state index contributed by atoms with van der Waals surface area (Å²) >= 11 is 0. The zero-order valence-electron chi connectivity index (χ0n) is 10.2. The molecule has 1 heterocycles. The fourth-order valence-corrected chi connectivity index (χ4v) is 2.21. The van der Waals surface area contributed by atoms with Crippen LogP contribution in [0.1, 0.15) is 32.1 Å². The first-order chi connectivity index (χ1) is 8.27. The van der Waals surface area contributed by atoms with Crippen LogP contribution in [0.3, 0.4) is 0 Å². The van der Waals surface area contributed by atoms with Crippen LogP contribution in [0.5, 0.6) is 0 Å². The van der Waals surface area contributed by atoms with Crippen molar-refractivity contribution in [3.05, 3.63) is 12.3 Å². The molecule has 0 aromatic rings. The van der Waals surface area contributed by atoms with E-state index < -0.39 is 0 Å². The predicted molar refractivity (Wildman–Crippen MR) is 65.5 cm³/mol. The Labute approximate surface area is 102 Å². The normalized spacial score (nSPS) is 20.4. The van der Waals surface area contributed by atoms with E-state index in [-0.39, 0.29) is 6.09 Å². The Balaban J connectivity index is 1.81. The molecule has 0 atom stereocenters. The Morgan fingerprint density at radius 2 is 2.18 bits per heavy atom. The molecule has 1 saturated carbocycles. The molecule has 0 spiro atoms. The van der Waals surface area contributed by atoms with Crippen LogP contribution in [0.15, 0.2) is 17.3 Å². The molecule has 5 heteroatoms. The summed E-state index contributed by atoms with van der Waals surface area (Å²) in [4.78, 5) is 22.7. The number of hydroxylamine groups is 2. The maximum Gasteiger partial charge on any atom is 0.434 e. The molecule has 0 N–H and O–H groups in total. The smallest absolute Gasteiger partial charge is 0.320 e. The van der Waals surface area contributed by atoms with Gasteiger partial charge in [0.2, 0.25) is 0 Å². The molecule has 0 radical (unpaired) electrons. The van der Waals surface area contributed by atoms with Gasteiger partial charge >= 0.3 is 6.09 Å². The van der Waals surface area contributed by atoms with Gasteiger partial charge in [-0.25, -0.2) is 9.79 Å². The molecule has 17 heavy (non-hydrogen) atoms. The van der Waals surface area contributed by atoms with Crippen LogP contribution in [-0.2, 0) is 4.84 Å². The van der Waals surface area contributed by atoms with E-state index in [1.165, 1.54) is 30.7 Å². The lowest BCUT2D eigenvalue weighted by atomic mass is 9.95. The molecule has 5 nitrogen and oxygen atoms in total. The van der Waals surface area contributed by atoms with Crippen molar-refractivity contribution in [2.45, 2.75) is 38.1 Å². The number of hydrogen-bond donors (Lipinski definition) is 0. The Morgan fingerprint density at radius 3 is 2.82 bits per heavy atom. The lowest BCUT2D eigenvalue weighted by Crippen LogP contribution is -2.42. The highest BCUT2D eigenvalue weighted by atomic mass is 16.7. The maximum atomic E-state index is 11.9. The number of aliphatic imine (C=N–C) groups is 1. The number of amides is 1. The summed E-state index contributed by atoms with van der Waals surface area (Å²) in [6.45, 7) is 0.563. The van der Waals surface area contributed by atoms with Gasteiger partial charge in [-0.15, -0.1) is 0 Å². The largest absolute Gasteiger partial charge is 0.434 e. The van der Waals surface area contributed by atoms with Gasteiger partial charge in [0, 0.05) is 19.3 Å². The van der Waals surface area contributed by atoms with Gasteiger partial charge in [-0.3, -0.25) is 0 Å². The monoisotopic (exact) mass is 237 g/mol. The van der Waals surface area contributed by atoms with Crippen molar-refractivity contribution in [2.75, 3.05) is 13.6 Å². The molecule has 1 fully saturated rings. The molecule has 0 bridgehead atoms. The zero-order chi connectivity index (χ0) is 12.1.